The third-order valence-corrected chi connectivity index (χ3v) is 2.72. The van der Waals surface area contributed by atoms with Crippen LogP contribution in [0.2, 0.25) is 0 Å². The second-order valence-corrected chi connectivity index (χ2v) is 4.20. The van der Waals surface area contributed by atoms with Crippen molar-refractivity contribution in [2.45, 2.75) is 0 Å². The number of H-pyrrole nitrogens is 1. The lowest BCUT2D eigenvalue weighted by Crippen LogP contribution is -2.13. The monoisotopic (exact) mass is 280 g/mol. The number of ether oxygens (including phenoxy) is 1. The molecule has 0 aliphatic rings. The number of hydrogen-bond donors (Lipinski definition) is 2. The van der Waals surface area contributed by atoms with Gasteiger partial charge in [-0.15, -0.1) is 0 Å². The Morgan fingerprint density at radius 2 is 1.90 bits per heavy atom. The number of nitrogens with zero attached hydrogens (tertiary/aromatic N) is 2. The summed E-state index contributed by atoms with van der Waals surface area (Å²) in [7, 11) is 0. The van der Waals surface area contributed by atoms with Gasteiger partial charge in [-0.2, -0.15) is 5.10 Å². The van der Waals surface area contributed by atoms with Crippen molar-refractivity contribution in [3.63, 3.8) is 0 Å². The largest absolute Gasteiger partial charge is 0.438 e. The first-order valence-corrected chi connectivity index (χ1v) is 6.31. The van der Waals surface area contributed by atoms with Crippen molar-refractivity contribution in [3.8, 4) is 11.6 Å². The second kappa shape index (κ2) is 5.87. The van der Waals surface area contributed by atoms with Gasteiger partial charge in [0.2, 0.25) is 5.88 Å². The normalized spacial score (nSPS) is 10.1. The molecule has 2 heterocycles. The number of carbonyl (C=O) groups is 1. The first kappa shape index (κ1) is 12.9. The number of hydrogen-bond acceptors (Lipinski definition) is 4. The van der Waals surface area contributed by atoms with E-state index in [-0.39, 0.29) is 11.8 Å². The average Bonchev–Trinajstić information content (AvgIpc) is 3.02. The Morgan fingerprint density at radius 3 is 2.67 bits per heavy atom. The van der Waals surface area contributed by atoms with Gasteiger partial charge in [0.05, 0.1) is 6.20 Å². The minimum atomic E-state index is -0.321. The smallest absolute Gasteiger partial charge is 0.262 e. The van der Waals surface area contributed by atoms with Crippen molar-refractivity contribution < 1.29 is 9.53 Å². The zero-order valence-corrected chi connectivity index (χ0v) is 11.0. The molecule has 0 unspecified atom stereocenters. The summed E-state index contributed by atoms with van der Waals surface area (Å²) in [6, 6.07) is 14.2. The highest BCUT2D eigenvalue weighted by molar-refractivity contribution is 6.05. The number of carbonyl (C=O) groups excluding carboxylic acids is 1. The highest BCUT2D eigenvalue weighted by atomic mass is 16.5. The van der Waals surface area contributed by atoms with E-state index < -0.39 is 0 Å². The van der Waals surface area contributed by atoms with Crippen molar-refractivity contribution in [1.82, 2.24) is 15.2 Å². The molecule has 2 aromatic heterocycles. The summed E-state index contributed by atoms with van der Waals surface area (Å²) >= 11 is 0. The number of nitrogens with one attached hydrogen (secondary N) is 2. The number of rotatable bonds is 4. The lowest BCUT2D eigenvalue weighted by atomic mass is 10.2. The van der Waals surface area contributed by atoms with Gasteiger partial charge in [-0.25, -0.2) is 4.98 Å². The highest BCUT2D eigenvalue weighted by Gasteiger charge is 2.14. The van der Waals surface area contributed by atoms with Crippen molar-refractivity contribution >= 4 is 11.7 Å². The van der Waals surface area contributed by atoms with Crippen LogP contribution in [-0.2, 0) is 0 Å². The van der Waals surface area contributed by atoms with E-state index in [0.29, 0.717) is 17.1 Å². The summed E-state index contributed by atoms with van der Waals surface area (Å²) in [5.74, 6) is 1.06. The summed E-state index contributed by atoms with van der Waals surface area (Å²) in [5, 5.41) is 9.12. The van der Waals surface area contributed by atoms with Crippen LogP contribution in [0.4, 0.5) is 5.82 Å². The third kappa shape index (κ3) is 3.06. The van der Waals surface area contributed by atoms with Crippen molar-refractivity contribution in [3.05, 3.63) is 66.5 Å². The number of aromatic nitrogens is 3. The van der Waals surface area contributed by atoms with Gasteiger partial charge in [-0.05, 0) is 24.3 Å². The van der Waals surface area contributed by atoms with E-state index in [2.05, 4.69) is 20.5 Å². The first-order valence-electron chi connectivity index (χ1n) is 6.31. The first-order chi connectivity index (χ1) is 10.3. The Kier molecular flexibility index (Phi) is 3.60. The van der Waals surface area contributed by atoms with Crippen LogP contribution in [-0.4, -0.2) is 21.1 Å². The fourth-order valence-electron chi connectivity index (χ4n) is 1.76. The molecule has 21 heavy (non-hydrogen) atoms. The molecule has 3 rings (SSSR count). The molecule has 3 aromatic rings. The van der Waals surface area contributed by atoms with Crippen LogP contribution in [0.25, 0.3) is 0 Å². The highest BCUT2D eigenvalue weighted by Crippen LogP contribution is 2.23. The van der Waals surface area contributed by atoms with Crippen LogP contribution in [0, 0.1) is 0 Å². The topological polar surface area (TPSA) is 79.9 Å². The molecule has 0 fully saturated rings. The van der Waals surface area contributed by atoms with Gasteiger partial charge in [0.1, 0.15) is 17.1 Å². The Morgan fingerprint density at radius 1 is 1.05 bits per heavy atom. The number of amides is 1. The number of benzene rings is 1. The quantitative estimate of drug-likeness (QED) is 0.770. The average molecular weight is 280 g/mol. The Balaban J connectivity index is 1.84. The van der Waals surface area contributed by atoms with E-state index in [4.69, 9.17) is 4.74 Å². The van der Waals surface area contributed by atoms with E-state index in [9.17, 15) is 4.79 Å². The zero-order chi connectivity index (χ0) is 14.5. The van der Waals surface area contributed by atoms with Gasteiger partial charge in [0.25, 0.3) is 5.91 Å². The number of aromatic amines is 1. The van der Waals surface area contributed by atoms with Crippen LogP contribution in [0.15, 0.2) is 60.9 Å². The van der Waals surface area contributed by atoms with Gasteiger partial charge >= 0.3 is 0 Å². The Hall–Kier alpha value is -3.15. The van der Waals surface area contributed by atoms with Crippen molar-refractivity contribution in [1.29, 1.82) is 0 Å². The van der Waals surface area contributed by atoms with Gasteiger partial charge in [-0.3, -0.25) is 9.89 Å². The minimum absolute atomic E-state index is 0.251. The van der Waals surface area contributed by atoms with E-state index in [1.54, 1.807) is 42.7 Å². The molecule has 0 saturated carbocycles. The minimum Gasteiger partial charge on any atom is -0.438 e. The van der Waals surface area contributed by atoms with Gasteiger partial charge < -0.3 is 10.1 Å². The lowest BCUT2D eigenvalue weighted by molar-refractivity contribution is 0.102. The zero-order valence-electron chi connectivity index (χ0n) is 11.0. The molecule has 0 aliphatic heterocycles. The van der Waals surface area contributed by atoms with Crippen LogP contribution < -0.4 is 10.1 Å². The molecule has 1 aromatic carbocycles. The molecule has 104 valence electrons. The molecule has 0 spiro atoms. The van der Waals surface area contributed by atoms with Crippen molar-refractivity contribution in [2.75, 3.05) is 5.32 Å². The predicted molar refractivity (Wildman–Crippen MR) is 77.3 cm³/mol. The lowest BCUT2D eigenvalue weighted by Gasteiger charge is -2.09. The van der Waals surface area contributed by atoms with E-state index in [0.717, 1.165) is 0 Å². The van der Waals surface area contributed by atoms with E-state index in [1.165, 1.54) is 0 Å². The Bertz CT molecular complexity index is 726. The van der Waals surface area contributed by atoms with Crippen LogP contribution in [0.1, 0.15) is 10.4 Å². The molecule has 6 nitrogen and oxygen atoms in total. The molecule has 6 heteroatoms. The molecule has 0 bridgehead atoms. The summed E-state index contributed by atoms with van der Waals surface area (Å²) in [4.78, 5) is 16.4. The second-order valence-electron chi connectivity index (χ2n) is 4.20. The standard InChI is InChI=1S/C15H12N4O2/c20-14(18-13-8-10-17-19-13)12-7-4-9-16-15(12)21-11-5-2-1-3-6-11/h1-10H,(H2,17,18,19,20). The molecule has 0 atom stereocenters. The number of para-hydroxylation sites is 1. The molecule has 0 saturated heterocycles. The van der Waals surface area contributed by atoms with E-state index in [1.807, 2.05) is 18.2 Å². The summed E-state index contributed by atoms with van der Waals surface area (Å²) in [6.07, 6.45) is 3.13. The molecule has 2 N–H and O–H groups in total. The van der Waals surface area contributed by atoms with Crippen molar-refractivity contribution in [2.24, 2.45) is 0 Å². The maximum atomic E-state index is 12.2. The van der Waals surface area contributed by atoms with Crippen LogP contribution >= 0.6 is 0 Å². The molecular weight excluding hydrogens is 268 g/mol. The summed E-state index contributed by atoms with van der Waals surface area (Å²) < 4.78 is 5.65. The maximum absolute atomic E-state index is 12.2. The maximum Gasteiger partial charge on any atom is 0.262 e. The van der Waals surface area contributed by atoms with Crippen LogP contribution in [0.5, 0.6) is 11.6 Å². The van der Waals surface area contributed by atoms with Crippen LogP contribution in [0.3, 0.4) is 0 Å². The molecular formula is C15H12N4O2. The fourth-order valence-corrected chi connectivity index (χ4v) is 1.76. The Labute approximate surface area is 120 Å². The molecule has 1 amide bonds. The summed E-state index contributed by atoms with van der Waals surface area (Å²) in [6.45, 7) is 0. The molecule has 0 radical (unpaired) electrons. The van der Waals surface area contributed by atoms with Gasteiger partial charge in [0.15, 0.2) is 0 Å². The third-order valence-electron chi connectivity index (χ3n) is 2.72. The summed E-state index contributed by atoms with van der Waals surface area (Å²) in [5.41, 5.74) is 0.343. The predicted octanol–water partition coefficient (Wildman–Crippen LogP) is 2.85. The fraction of sp³-hybridized carbons (Fsp3) is 0. The van der Waals surface area contributed by atoms with E-state index >= 15 is 0 Å². The van der Waals surface area contributed by atoms with Gasteiger partial charge in [0, 0.05) is 12.3 Å². The number of pyridine rings is 1. The van der Waals surface area contributed by atoms with Gasteiger partial charge in [-0.1, -0.05) is 18.2 Å². The molecule has 0 aliphatic carbocycles. The SMILES string of the molecule is O=C(Nc1ccn[nH]1)c1cccnc1Oc1ccccc1. The number of anilines is 1.